The van der Waals surface area contributed by atoms with Gasteiger partial charge in [-0.05, 0) is 87.4 Å². The molecule has 5 nitrogen and oxygen atoms in total. The molecule has 1 atom stereocenters. The molecule has 28 heavy (non-hydrogen) atoms. The lowest BCUT2D eigenvalue weighted by Gasteiger charge is -2.39. The highest BCUT2D eigenvalue weighted by Crippen LogP contribution is 2.37. The van der Waals surface area contributed by atoms with Crippen LogP contribution in [0.15, 0.2) is 35.2 Å². The van der Waals surface area contributed by atoms with Crippen molar-refractivity contribution >= 4 is 5.57 Å². The number of phenolic OH excluding ortho intramolecular Hbond substituents is 1. The highest BCUT2D eigenvalue weighted by Gasteiger charge is 2.36. The van der Waals surface area contributed by atoms with Gasteiger partial charge in [-0.15, -0.1) is 0 Å². The molecule has 0 amide bonds. The predicted octanol–water partition coefficient (Wildman–Crippen LogP) is 3.56. The van der Waals surface area contributed by atoms with Gasteiger partial charge in [-0.1, -0.05) is 0 Å². The molecule has 148 valence electrons. The van der Waals surface area contributed by atoms with Crippen molar-refractivity contribution in [1.29, 1.82) is 5.26 Å². The van der Waals surface area contributed by atoms with E-state index in [-0.39, 0.29) is 5.75 Å². The molecular weight excluding hydrogens is 348 g/mol. The Morgan fingerprint density at radius 2 is 1.93 bits per heavy atom. The van der Waals surface area contributed by atoms with Crippen LogP contribution < -0.4 is 5.73 Å². The van der Waals surface area contributed by atoms with Gasteiger partial charge in [0.25, 0.3) is 0 Å². The normalized spacial score (nSPS) is 24.3. The molecule has 1 aliphatic carbocycles. The highest BCUT2D eigenvalue weighted by atomic mass is 16.3. The summed E-state index contributed by atoms with van der Waals surface area (Å²) in [7, 11) is 0. The molecular formula is C23H30N4O. The Labute approximate surface area is 167 Å². The fourth-order valence-electron chi connectivity index (χ4n) is 4.77. The molecule has 0 aromatic heterocycles. The van der Waals surface area contributed by atoms with Crippen molar-refractivity contribution in [2.24, 2.45) is 5.73 Å². The topological polar surface area (TPSA) is 76.5 Å². The Morgan fingerprint density at radius 1 is 1.14 bits per heavy atom. The van der Waals surface area contributed by atoms with E-state index < -0.39 is 0 Å². The lowest BCUT2D eigenvalue weighted by atomic mass is 9.95. The summed E-state index contributed by atoms with van der Waals surface area (Å²) in [5.74, 6) is 1.06. The summed E-state index contributed by atoms with van der Waals surface area (Å²) in [5, 5.41) is 19.4. The number of hydrogen-bond donors (Lipinski definition) is 2. The smallest absolute Gasteiger partial charge is 0.124 e. The molecule has 1 aromatic rings. The van der Waals surface area contributed by atoms with E-state index in [1.807, 2.05) is 13.0 Å². The van der Waals surface area contributed by atoms with Crippen molar-refractivity contribution in [2.75, 3.05) is 19.6 Å². The number of benzene rings is 1. The number of hydrogen-bond acceptors (Lipinski definition) is 5. The van der Waals surface area contributed by atoms with Gasteiger partial charge >= 0.3 is 0 Å². The molecule has 0 radical (unpaired) electrons. The molecule has 4 rings (SSSR count). The Bertz CT molecular complexity index is 875. The molecule has 1 saturated heterocycles. The summed E-state index contributed by atoms with van der Waals surface area (Å²) < 4.78 is 0. The van der Waals surface area contributed by atoms with Crippen LogP contribution in [0.4, 0.5) is 0 Å². The largest absolute Gasteiger partial charge is 0.507 e. The molecule has 1 aromatic carbocycles. The van der Waals surface area contributed by atoms with Gasteiger partial charge in [-0.25, -0.2) is 0 Å². The first-order chi connectivity index (χ1) is 13.5. The minimum Gasteiger partial charge on any atom is -0.507 e. The molecule has 2 fully saturated rings. The Hall–Kier alpha value is -2.45. The minimum absolute atomic E-state index is 0.150. The summed E-state index contributed by atoms with van der Waals surface area (Å²) in [6.07, 6.45) is 6.14. The van der Waals surface area contributed by atoms with E-state index in [1.54, 1.807) is 6.07 Å². The van der Waals surface area contributed by atoms with Gasteiger partial charge in [0.1, 0.15) is 11.6 Å². The third kappa shape index (κ3) is 3.49. The van der Waals surface area contributed by atoms with Crippen molar-refractivity contribution in [3.05, 3.63) is 46.3 Å². The molecule has 3 aliphatic rings. The summed E-state index contributed by atoms with van der Waals surface area (Å²) in [4.78, 5) is 5.07. The maximum Gasteiger partial charge on any atom is 0.124 e. The number of rotatable bonds is 4. The first-order valence-corrected chi connectivity index (χ1v) is 10.4. The van der Waals surface area contributed by atoms with Crippen LogP contribution in [-0.4, -0.2) is 46.6 Å². The van der Waals surface area contributed by atoms with Crippen LogP contribution in [-0.2, 0) is 0 Å². The van der Waals surface area contributed by atoms with E-state index in [0.717, 1.165) is 48.1 Å². The second-order valence-electron chi connectivity index (χ2n) is 8.42. The number of aromatic hydroxyl groups is 1. The highest BCUT2D eigenvalue weighted by molar-refractivity contribution is 5.75. The third-order valence-corrected chi connectivity index (χ3v) is 6.70. The maximum atomic E-state index is 10.3. The van der Waals surface area contributed by atoms with E-state index in [4.69, 9.17) is 11.0 Å². The standard InChI is InChI=1S/C23H30N4O/c1-15(20-8-5-17(13-24)12-22(20)28)16(2)21-9-11-27(23(21)25)19-4-3-10-26(14-19)18-6-7-18/h5,8,12,18-19,28H,3-4,6-7,9-11,14,25H2,1-2H3/b16-15+. The van der Waals surface area contributed by atoms with Crippen LogP contribution in [0.5, 0.6) is 5.75 Å². The number of nitrogens with zero attached hydrogens (tertiary/aromatic N) is 3. The maximum absolute atomic E-state index is 10.3. The first-order valence-electron chi connectivity index (χ1n) is 10.4. The second-order valence-corrected chi connectivity index (χ2v) is 8.42. The Morgan fingerprint density at radius 3 is 2.61 bits per heavy atom. The van der Waals surface area contributed by atoms with Crippen molar-refractivity contribution in [3.63, 3.8) is 0 Å². The third-order valence-electron chi connectivity index (χ3n) is 6.70. The summed E-state index contributed by atoms with van der Waals surface area (Å²) in [5.41, 5.74) is 11.2. The number of nitrogens with two attached hydrogens (primary N) is 1. The van der Waals surface area contributed by atoms with Gasteiger partial charge in [0.2, 0.25) is 0 Å². The first kappa shape index (κ1) is 18.9. The molecule has 1 saturated carbocycles. The number of allylic oxidation sites excluding steroid dienone is 2. The molecule has 0 spiro atoms. The van der Waals surface area contributed by atoms with Crippen LogP contribution in [0.25, 0.3) is 5.57 Å². The second kappa shape index (κ2) is 7.52. The van der Waals surface area contributed by atoms with Crippen LogP contribution in [0.2, 0.25) is 0 Å². The Balaban J connectivity index is 1.57. The van der Waals surface area contributed by atoms with Crippen LogP contribution in [0.1, 0.15) is 57.1 Å². The zero-order valence-electron chi connectivity index (χ0n) is 16.9. The van der Waals surface area contributed by atoms with E-state index in [9.17, 15) is 5.11 Å². The summed E-state index contributed by atoms with van der Waals surface area (Å²) in [6.45, 7) is 7.47. The van der Waals surface area contributed by atoms with Gasteiger partial charge in [0, 0.05) is 30.7 Å². The zero-order valence-corrected chi connectivity index (χ0v) is 16.9. The average molecular weight is 379 g/mol. The molecule has 5 heteroatoms. The minimum atomic E-state index is 0.150. The molecule has 3 N–H and O–H groups in total. The molecule has 2 aliphatic heterocycles. The van der Waals surface area contributed by atoms with Gasteiger partial charge in [-0.3, -0.25) is 4.90 Å². The molecule has 0 bridgehead atoms. The van der Waals surface area contributed by atoms with Gasteiger partial charge in [-0.2, -0.15) is 5.26 Å². The zero-order chi connectivity index (χ0) is 19.8. The summed E-state index contributed by atoms with van der Waals surface area (Å²) >= 11 is 0. The van der Waals surface area contributed by atoms with Crippen LogP contribution in [0, 0.1) is 11.3 Å². The Kier molecular flexibility index (Phi) is 5.07. The van der Waals surface area contributed by atoms with Gasteiger partial charge < -0.3 is 15.7 Å². The molecule has 2 heterocycles. The SMILES string of the molecule is C/C(C1=C(N)N(C2CCCN(C3CC3)C2)CC1)=C(/C)c1ccc(C#N)cc1O. The van der Waals surface area contributed by atoms with E-state index >= 15 is 0 Å². The van der Waals surface area contributed by atoms with Gasteiger partial charge in [0.15, 0.2) is 0 Å². The summed E-state index contributed by atoms with van der Waals surface area (Å²) in [6, 6.07) is 8.50. The van der Waals surface area contributed by atoms with Crippen LogP contribution >= 0.6 is 0 Å². The van der Waals surface area contributed by atoms with E-state index in [0.29, 0.717) is 11.6 Å². The fourth-order valence-corrected chi connectivity index (χ4v) is 4.77. The van der Waals surface area contributed by atoms with Crippen molar-refractivity contribution in [3.8, 4) is 11.8 Å². The number of likely N-dealkylation sites (tertiary alicyclic amines) is 1. The lowest BCUT2D eigenvalue weighted by Crippen LogP contribution is -2.48. The monoisotopic (exact) mass is 378 g/mol. The van der Waals surface area contributed by atoms with Crippen molar-refractivity contribution < 1.29 is 5.11 Å². The van der Waals surface area contributed by atoms with Crippen molar-refractivity contribution in [1.82, 2.24) is 9.80 Å². The van der Waals surface area contributed by atoms with Crippen molar-refractivity contribution in [2.45, 2.75) is 58.0 Å². The van der Waals surface area contributed by atoms with Crippen LogP contribution in [0.3, 0.4) is 0 Å². The number of nitriles is 1. The van der Waals surface area contributed by atoms with Gasteiger partial charge in [0.05, 0.1) is 11.6 Å². The average Bonchev–Trinajstić information content (AvgIpc) is 3.49. The lowest BCUT2D eigenvalue weighted by molar-refractivity contribution is 0.121. The van der Waals surface area contributed by atoms with E-state index in [1.165, 1.54) is 43.9 Å². The fraction of sp³-hybridized carbons (Fsp3) is 0.522. The molecule has 1 unspecified atom stereocenters. The quantitative estimate of drug-likeness (QED) is 0.838. The predicted molar refractivity (Wildman–Crippen MR) is 111 cm³/mol. The van der Waals surface area contributed by atoms with E-state index in [2.05, 4.69) is 22.8 Å². The number of piperidine rings is 1. The number of phenols is 1.